The zero-order valence-corrected chi connectivity index (χ0v) is 15.4. The van der Waals surface area contributed by atoms with Crippen molar-refractivity contribution in [3.8, 4) is 0 Å². The van der Waals surface area contributed by atoms with Gasteiger partial charge in [-0.25, -0.2) is 4.39 Å². The molecule has 0 saturated heterocycles. The Bertz CT molecular complexity index is 655. The molecular weight excluding hydrogens is 331 g/mol. The van der Waals surface area contributed by atoms with E-state index < -0.39 is 5.54 Å². The largest absolute Gasteiger partial charge is 0.394 e. The van der Waals surface area contributed by atoms with Crippen molar-refractivity contribution in [1.82, 2.24) is 0 Å². The second kappa shape index (κ2) is 9.67. The number of aryl methyl sites for hydroxylation is 2. The van der Waals surface area contributed by atoms with Gasteiger partial charge in [-0.1, -0.05) is 24.3 Å². The number of aliphatic hydroxyl groups excluding tert-OH is 2. The maximum absolute atomic E-state index is 13.0. The first-order valence-corrected chi connectivity index (χ1v) is 9.01. The van der Waals surface area contributed by atoms with Crippen LogP contribution in [0.3, 0.4) is 0 Å². The van der Waals surface area contributed by atoms with Gasteiger partial charge in [-0.2, -0.15) is 0 Å². The number of benzene rings is 2. The quantitative estimate of drug-likeness (QED) is 0.609. The van der Waals surface area contributed by atoms with E-state index in [1.807, 2.05) is 7.05 Å². The lowest BCUT2D eigenvalue weighted by molar-refractivity contribution is 0.115. The van der Waals surface area contributed by atoms with Gasteiger partial charge < -0.3 is 20.8 Å². The molecule has 0 radical (unpaired) electrons. The number of nitrogens with two attached hydrogens (primary N) is 1. The van der Waals surface area contributed by atoms with Gasteiger partial charge in [0.25, 0.3) is 0 Å². The first-order valence-electron chi connectivity index (χ1n) is 9.01. The maximum atomic E-state index is 13.0. The summed E-state index contributed by atoms with van der Waals surface area (Å²) in [5.41, 5.74) is 8.42. The zero-order valence-electron chi connectivity index (χ0n) is 15.4. The van der Waals surface area contributed by atoms with Crippen LogP contribution in [0.25, 0.3) is 0 Å². The summed E-state index contributed by atoms with van der Waals surface area (Å²) in [6.07, 6.45) is 3.25. The van der Waals surface area contributed by atoms with Crippen molar-refractivity contribution in [1.29, 1.82) is 0 Å². The highest BCUT2D eigenvalue weighted by atomic mass is 19.1. The van der Waals surface area contributed by atoms with E-state index in [-0.39, 0.29) is 19.0 Å². The van der Waals surface area contributed by atoms with Crippen LogP contribution in [-0.4, -0.2) is 42.6 Å². The molecule has 5 heteroatoms. The summed E-state index contributed by atoms with van der Waals surface area (Å²) >= 11 is 0. The fraction of sp³-hybridized carbons (Fsp3) is 0.429. The van der Waals surface area contributed by atoms with Crippen molar-refractivity contribution in [3.63, 3.8) is 0 Å². The number of hydrogen-bond acceptors (Lipinski definition) is 4. The SMILES string of the molecule is CN(CCCc1ccc(CCC(N)(CO)CO)cc1)c1ccc(F)cc1. The van der Waals surface area contributed by atoms with Gasteiger partial charge in [-0.3, -0.25) is 0 Å². The summed E-state index contributed by atoms with van der Waals surface area (Å²) in [6, 6.07) is 14.9. The molecule has 0 atom stereocenters. The Morgan fingerprint density at radius 2 is 1.46 bits per heavy atom. The predicted octanol–water partition coefficient (Wildman–Crippen LogP) is 2.51. The van der Waals surface area contributed by atoms with Gasteiger partial charge in [0, 0.05) is 19.3 Å². The molecule has 0 spiro atoms. The van der Waals surface area contributed by atoms with Crippen molar-refractivity contribution in [3.05, 3.63) is 65.5 Å². The molecule has 4 N–H and O–H groups in total. The summed E-state index contributed by atoms with van der Waals surface area (Å²) in [7, 11) is 2.01. The second-order valence-electron chi connectivity index (χ2n) is 7.00. The first-order chi connectivity index (χ1) is 12.5. The van der Waals surface area contributed by atoms with E-state index >= 15 is 0 Å². The molecule has 26 heavy (non-hydrogen) atoms. The molecule has 0 aromatic heterocycles. The van der Waals surface area contributed by atoms with Gasteiger partial charge in [0.15, 0.2) is 0 Å². The molecule has 0 bridgehead atoms. The summed E-state index contributed by atoms with van der Waals surface area (Å²) in [6.45, 7) is 0.461. The molecule has 0 fully saturated rings. The summed E-state index contributed by atoms with van der Waals surface area (Å²) < 4.78 is 13.0. The van der Waals surface area contributed by atoms with E-state index in [1.165, 1.54) is 17.7 Å². The molecule has 0 aliphatic rings. The van der Waals surface area contributed by atoms with Crippen molar-refractivity contribution >= 4 is 5.69 Å². The number of halogens is 1. The lowest BCUT2D eigenvalue weighted by atomic mass is 9.93. The van der Waals surface area contributed by atoms with E-state index in [1.54, 1.807) is 12.1 Å². The van der Waals surface area contributed by atoms with Crippen molar-refractivity contribution in [2.75, 3.05) is 31.7 Å². The summed E-state index contributed by atoms with van der Waals surface area (Å²) in [4.78, 5) is 2.12. The van der Waals surface area contributed by atoms with Crippen LogP contribution in [0.5, 0.6) is 0 Å². The Morgan fingerprint density at radius 3 is 2.00 bits per heavy atom. The van der Waals surface area contributed by atoms with Crippen LogP contribution in [0.4, 0.5) is 10.1 Å². The van der Waals surface area contributed by atoms with Crippen molar-refractivity contribution in [2.45, 2.75) is 31.2 Å². The standard InChI is InChI=1S/C21H29FN2O2/c1-24(20-10-8-19(22)9-11-20)14-2-3-17-4-6-18(7-5-17)12-13-21(23,15-25)16-26/h4-11,25-26H,2-3,12-16,23H2,1H3. The molecule has 0 aliphatic carbocycles. The smallest absolute Gasteiger partial charge is 0.123 e. The van der Waals surface area contributed by atoms with E-state index in [0.29, 0.717) is 6.42 Å². The lowest BCUT2D eigenvalue weighted by Crippen LogP contribution is -2.47. The highest BCUT2D eigenvalue weighted by Gasteiger charge is 2.22. The third kappa shape index (κ3) is 6.09. The average Bonchev–Trinajstić information content (AvgIpc) is 2.67. The van der Waals surface area contributed by atoms with Gasteiger partial charge in [-0.05, 0) is 61.1 Å². The second-order valence-corrected chi connectivity index (χ2v) is 7.00. The topological polar surface area (TPSA) is 69.7 Å². The van der Waals surface area contributed by atoms with Crippen LogP contribution in [-0.2, 0) is 12.8 Å². The van der Waals surface area contributed by atoms with Crippen LogP contribution in [0.15, 0.2) is 48.5 Å². The highest BCUT2D eigenvalue weighted by molar-refractivity contribution is 5.45. The fourth-order valence-corrected chi connectivity index (χ4v) is 2.82. The Labute approximate surface area is 155 Å². The Kier molecular flexibility index (Phi) is 7.57. The Morgan fingerprint density at radius 1 is 0.923 bits per heavy atom. The molecule has 142 valence electrons. The minimum Gasteiger partial charge on any atom is -0.394 e. The minimum absolute atomic E-state index is 0.216. The summed E-state index contributed by atoms with van der Waals surface area (Å²) in [5, 5.41) is 18.5. The lowest BCUT2D eigenvalue weighted by Gasteiger charge is -2.24. The van der Waals surface area contributed by atoms with Gasteiger partial charge in [0.2, 0.25) is 0 Å². The number of rotatable bonds is 10. The number of nitrogens with zero attached hydrogens (tertiary/aromatic N) is 1. The average molecular weight is 360 g/mol. The van der Waals surface area contributed by atoms with Crippen LogP contribution in [0.2, 0.25) is 0 Å². The van der Waals surface area contributed by atoms with Gasteiger partial charge in [-0.15, -0.1) is 0 Å². The zero-order chi connectivity index (χ0) is 19.0. The van der Waals surface area contributed by atoms with Crippen molar-refractivity contribution in [2.24, 2.45) is 5.73 Å². The normalized spacial score (nSPS) is 11.6. The number of anilines is 1. The Hall–Kier alpha value is -1.95. The number of aliphatic hydroxyl groups is 2. The third-order valence-electron chi connectivity index (χ3n) is 4.79. The molecular formula is C21H29FN2O2. The van der Waals surface area contributed by atoms with Crippen LogP contribution in [0.1, 0.15) is 24.0 Å². The Balaban J connectivity index is 1.77. The van der Waals surface area contributed by atoms with Crippen LogP contribution in [0, 0.1) is 5.82 Å². The van der Waals surface area contributed by atoms with E-state index in [4.69, 9.17) is 5.73 Å². The molecule has 0 saturated carbocycles. The van der Waals surface area contributed by atoms with Crippen LogP contribution >= 0.6 is 0 Å². The highest BCUT2D eigenvalue weighted by Crippen LogP contribution is 2.16. The summed E-state index contributed by atoms with van der Waals surface area (Å²) in [5.74, 6) is -0.216. The van der Waals surface area contributed by atoms with E-state index in [2.05, 4.69) is 29.2 Å². The third-order valence-corrected chi connectivity index (χ3v) is 4.79. The molecule has 0 amide bonds. The van der Waals surface area contributed by atoms with Gasteiger partial charge in [0.1, 0.15) is 5.82 Å². The van der Waals surface area contributed by atoms with E-state index in [0.717, 1.165) is 37.1 Å². The molecule has 0 aliphatic heterocycles. The van der Waals surface area contributed by atoms with E-state index in [9.17, 15) is 14.6 Å². The van der Waals surface area contributed by atoms with Gasteiger partial charge in [0.05, 0.1) is 18.8 Å². The molecule has 4 nitrogen and oxygen atoms in total. The predicted molar refractivity (Wildman–Crippen MR) is 104 cm³/mol. The van der Waals surface area contributed by atoms with Crippen LogP contribution < -0.4 is 10.6 Å². The number of hydrogen-bond donors (Lipinski definition) is 3. The molecule has 0 heterocycles. The fourth-order valence-electron chi connectivity index (χ4n) is 2.82. The molecule has 2 aromatic carbocycles. The van der Waals surface area contributed by atoms with Crippen molar-refractivity contribution < 1.29 is 14.6 Å². The minimum atomic E-state index is -0.913. The first kappa shape index (κ1) is 20.4. The maximum Gasteiger partial charge on any atom is 0.123 e. The molecule has 2 aromatic rings. The van der Waals surface area contributed by atoms with Gasteiger partial charge >= 0.3 is 0 Å². The molecule has 0 unspecified atom stereocenters. The molecule has 2 rings (SSSR count). The monoisotopic (exact) mass is 360 g/mol.